The Morgan fingerprint density at radius 2 is 1.79 bits per heavy atom. The highest BCUT2D eigenvalue weighted by molar-refractivity contribution is 5.98. The first kappa shape index (κ1) is 19.5. The van der Waals surface area contributed by atoms with Crippen molar-refractivity contribution < 1.29 is 14.5 Å². The maximum atomic E-state index is 12.3. The molecule has 0 atom stereocenters. The number of amides is 1. The Morgan fingerprint density at radius 1 is 1.00 bits per heavy atom. The number of nitrogens with one attached hydrogen (secondary N) is 2. The first-order chi connectivity index (χ1) is 13.5. The van der Waals surface area contributed by atoms with Crippen molar-refractivity contribution in [2.24, 2.45) is 0 Å². The summed E-state index contributed by atoms with van der Waals surface area (Å²) in [6, 6.07) is 12.2. The highest BCUT2D eigenvalue weighted by Gasteiger charge is 2.15. The van der Waals surface area contributed by atoms with Crippen molar-refractivity contribution in [3.63, 3.8) is 0 Å². The zero-order valence-electron chi connectivity index (χ0n) is 15.6. The second kappa shape index (κ2) is 9.12. The van der Waals surface area contributed by atoms with Crippen LogP contribution in [0.3, 0.4) is 0 Å². The van der Waals surface area contributed by atoms with Crippen molar-refractivity contribution in [1.82, 2.24) is 5.32 Å². The molecule has 0 unspecified atom stereocenters. The molecule has 0 aromatic heterocycles. The first-order valence-corrected chi connectivity index (χ1v) is 9.43. The van der Waals surface area contributed by atoms with Crippen molar-refractivity contribution in [3.05, 3.63) is 69.3 Å². The van der Waals surface area contributed by atoms with E-state index in [9.17, 15) is 19.7 Å². The molecule has 2 aromatic carbocycles. The predicted octanol–water partition coefficient (Wildman–Crippen LogP) is 3.27. The van der Waals surface area contributed by atoms with Crippen molar-refractivity contribution in [3.8, 4) is 0 Å². The third-order valence-electron chi connectivity index (χ3n) is 4.86. The molecule has 0 radical (unpaired) electrons. The molecule has 0 fully saturated rings. The Morgan fingerprint density at radius 3 is 2.61 bits per heavy atom. The molecule has 3 rings (SSSR count). The maximum Gasteiger partial charge on any atom is 0.292 e. The van der Waals surface area contributed by atoms with Crippen LogP contribution in [-0.4, -0.2) is 29.7 Å². The van der Waals surface area contributed by atoms with Crippen LogP contribution in [0.5, 0.6) is 0 Å². The summed E-state index contributed by atoms with van der Waals surface area (Å²) >= 11 is 0. The Balaban J connectivity index is 1.39. The lowest BCUT2D eigenvalue weighted by molar-refractivity contribution is -0.384. The van der Waals surface area contributed by atoms with Crippen LogP contribution >= 0.6 is 0 Å². The molecule has 0 aliphatic heterocycles. The number of hydrogen-bond donors (Lipinski definition) is 2. The van der Waals surface area contributed by atoms with Gasteiger partial charge in [0.2, 0.25) is 5.91 Å². The van der Waals surface area contributed by atoms with Gasteiger partial charge in [-0.3, -0.25) is 19.7 Å². The van der Waals surface area contributed by atoms with Gasteiger partial charge in [-0.2, -0.15) is 0 Å². The van der Waals surface area contributed by atoms with Crippen LogP contribution in [0.15, 0.2) is 42.5 Å². The van der Waals surface area contributed by atoms with Crippen LogP contribution < -0.4 is 10.6 Å². The maximum absolute atomic E-state index is 12.3. The lowest BCUT2D eigenvalue weighted by Gasteiger charge is -2.08. The molecule has 146 valence electrons. The quantitative estimate of drug-likeness (QED) is 0.300. The van der Waals surface area contributed by atoms with E-state index in [1.54, 1.807) is 18.2 Å². The summed E-state index contributed by atoms with van der Waals surface area (Å²) in [5.41, 5.74) is 3.64. The molecule has 0 bridgehead atoms. The second-order valence-electron chi connectivity index (χ2n) is 6.81. The Kier molecular flexibility index (Phi) is 6.37. The van der Waals surface area contributed by atoms with Crippen LogP contribution in [0.2, 0.25) is 0 Å². The zero-order valence-corrected chi connectivity index (χ0v) is 15.6. The van der Waals surface area contributed by atoms with E-state index in [0.29, 0.717) is 24.3 Å². The van der Waals surface area contributed by atoms with Crippen LogP contribution in [0, 0.1) is 10.1 Å². The number of hydrogen-bond acceptors (Lipinski definition) is 5. The highest BCUT2D eigenvalue weighted by Crippen LogP contribution is 2.24. The van der Waals surface area contributed by atoms with E-state index in [-0.39, 0.29) is 30.2 Å². The van der Waals surface area contributed by atoms with Crippen molar-refractivity contribution in [2.45, 2.75) is 32.1 Å². The minimum atomic E-state index is -0.453. The van der Waals surface area contributed by atoms with Gasteiger partial charge in [-0.1, -0.05) is 24.3 Å². The Labute approximate surface area is 163 Å². The molecule has 1 aliphatic carbocycles. The number of anilines is 1. The van der Waals surface area contributed by atoms with Gasteiger partial charge in [-0.25, -0.2) is 0 Å². The van der Waals surface area contributed by atoms with Gasteiger partial charge in [0.25, 0.3) is 5.69 Å². The summed E-state index contributed by atoms with van der Waals surface area (Å²) in [6.07, 6.45) is 3.52. The molecule has 0 spiro atoms. The molecule has 0 heterocycles. The van der Waals surface area contributed by atoms with Gasteiger partial charge in [-0.05, 0) is 42.5 Å². The van der Waals surface area contributed by atoms with E-state index >= 15 is 0 Å². The third kappa shape index (κ3) is 4.94. The number of ketones is 1. The summed E-state index contributed by atoms with van der Waals surface area (Å²) in [4.78, 5) is 34.8. The number of benzene rings is 2. The van der Waals surface area contributed by atoms with E-state index in [1.165, 1.54) is 17.2 Å². The molecule has 7 nitrogen and oxygen atoms in total. The Bertz CT molecular complexity index is 895. The normalized spacial score (nSPS) is 12.3. The number of nitro groups is 1. The number of nitrogens with zero attached hydrogens (tertiary/aromatic N) is 1. The largest absolute Gasteiger partial charge is 0.378 e. The molecule has 2 aromatic rings. The van der Waals surface area contributed by atoms with E-state index in [4.69, 9.17) is 0 Å². The van der Waals surface area contributed by atoms with Gasteiger partial charge < -0.3 is 10.6 Å². The van der Waals surface area contributed by atoms with E-state index < -0.39 is 4.92 Å². The van der Waals surface area contributed by atoms with Crippen LogP contribution in [-0.2, 0) is 17.6 Å². The third-order valence-corrected chi connectivity index (χ3v) is 4.86. The smallest absolute Gasteiger partial charge is 0.292 e. The summed E-state index contributed by atoms with van der Waals surface area (Å²) in [5.74, 6) is -0.234. The average molecular weight is 381 g/mol. The minimum Gasteiger partial charge on any atom is -0.378 e. The molecule has 2 N–H and O–H groups in total. The SMILES string of the molecule is O=C(CCC(=O)c1ccc2c(c1)CCC2)NCCNc1ccccc1[N+](=O)[O-]. The highest BCUT2D eigenvalue weighted by atomic mass is 16.6. The molecule has 0 saturated carbocycles. The molecule has 1 aliphatic rings. The zero-order chi connectivity index (χ0) is 19.9. The average Bonchev–Trinajstić information content (AvgIpc) is 3.17. The van der Waals surface area contributed by atoms with Gasteiger partial charge in [0, 0.05) is 37.6 Å². The number of aryl methyl sites for hydroxylation is 2. The number of fused-ring (bicyclic) bond motifs is 1. The van der Waals surface area contributed by atoms with Gasteiger partial charge in [0.1, 0.15) is 5.69 Å². The minimum absolute atomic E-state index is 0.00577. The summed E-state index contributed by atoms with van der Waals surface area (Å²) in [6.45, 7) is 0.674. The fourth-order valence-corrected chi connectivity index (χ4v) is 3.39. The molecule has 1 amide bonds. The predicted molar refractivity (Wildman–Crippen MR) is 107 cm³/mol. The molecule has 7 heteroatoms. The van der Waals surface area contributed by atoms with Gasteiger partial charge in [-0.15, -0.1) is 0 Å². The first-order valence-electron chi connectivity index (χ1n) is 9.43. The second-order valence-corrected chi connectivity index (χ2v) is 6.81. The summed E-state index contributed by atoms with van der Waals surface area (Å²) in [5, 5.41) is 16.6. The van der Waals surface area contributed by atoms with Crippen molar-refractivity contribution >= 4 is 23.1 Å². The number of Topliss-reactive ketones (excluding diaryl/α,β-unsaturated/α-hetero) is 1. The standard InChI is InChI=1S/C21H23N3O4/c25-20(17-9-8-15-4-3-5-16(15)14-17)10-11-21(26)23-13-12-22-18-6-1-2-7-19(18)24(27)28/h1-2,6-9,14,22H,3-5,10-13H2,(H,23,26). The summed E-state index contributed by atoms with van der Waals surface area (Å²) in [7, 11) is 0. The van der Waals surface area contributed by atoms with Crippen molar-refractivity contribution in [2.75, 3.05) is 18.4 Å². The molecular formula is C21H23N3O4. The van der Waals surface area contributed by atoms with Crippen LogP contribution in [0.25, 0.3) is 0 Å². The van der Waals surface area contributed by atoms with Crippen LogP contribution in [0.4, 0.5) is 11.4 Å². The summed E-state index contributed by atoms with van der Waals surface area (Å²) < 4.78 is 0. The molecule has 0 saturated heterocycles. The number of carbonyl (C=O) groups is 2. The lowest BCUT2D eigenvalue weighted by Crippen LogP contribution is -2.29. The number of nitro benzene ring substituents is 1. The molecular weight excluding hydrogens is 358 g/mol. The number of rotatable bonds is 9. The van der Waals surface area contributed by atoms with Crippen molar-refractivity contribution in [1.29, 1.82) is 0 Å². The van der Waals surface area contributed by atoms with E-state index in [0.717, 1.165) is 19.3 Å². The Hall–Kier alpha value is -3.22. The lowest BCUT2D eigenvalue weighted by atomic mass is 10.0. The fraction of sp³-hybridized carbons (Fsp3) is 0.333. The van der Waals surface area contributed by atoms with E-state index in [1.807, 2.05) is 18.2 Å². The number of carbonyl (C=O) groups excluding carboxylic acids is 2. The van der Waals surface area contributed by atoms with E-state index in [2.05, 4.69) is 10.6 Å². The molecule has 28 heavy (non-hydrogen) atoms. The van der Waals surface area contributed by atoms with Gasteiger partial charge >= 0.3 is 0 Å². The monoisotopic (exact) mass is 381 g/mol. The van der Waals surface area contributed by atoms with Gasteiger partial charge in [0.05, 0.1) is 4.92 Å². The van der Waals surface area contributed by atoms with Crippen LogP contribution in [0.1, 0.15) is 40.7 Å². The van der Waals surface area contributed by atoms with Gasteiger partial charge in [0.15, 0.2) is 5.78 Å². The fourth-order valence-electron chi connectivity index (χ4n) is 3.39. The number of para-hydroxylation sites is 2. The topological polar surface area (TPSA) is 101 Å².